The minimum absolute atomic E-state index is 0.0301. The molecule has 0 saturated carbocycles. The predicted octanol–water partition coefficient (Wildman–Crippen LogP) is 2.10. The van der Waals surface area contributed by atoms with Gasteiger partial charge in [0.15, 0.2) is 5.01 Å². The highest BCUT2D eigenvalue weighted by Crippen LogP contribution is 2.30. The summed E-state index contributed by atoms with van der Waals surface area (Å²) in [6.45, 7) is 2.41. The maximum absolute atomic E-state index is 13.0. The maximum atomic E-state index is 13.0. The van der Waals surface area contributed by atoms with Crippen molar-refractivity contribution in [2.45, 2.75) is 25.2 Å². The molecule has 2 aromatic heterocycles. The summed E-state index contributed by atoms with van der Waals surface area (Å²) in [5, 5.41) is 3.48. The first kappa shape index (κ1) is 19.8. The Balaban J connectivity index is 1.40. The van der Waals surface area contributed by atoms with Crippen LogP contribution in [-0.2, 0) is 4.79 Å². The molecule has 1 amide bonds. The van der Waals surface area contributed by atoms with Crippen molar-refractivity contribution in [1.29, 1.82) is 0 Å². The minimum Gasteiger partial charge on any atom is -0.360 e. The summed E-state index contributed by atoms with van der Waals surface area (Å²) in [6.07, 6.45) is 4.19. The number of amides is 1. The topological polar surface area (TPSA) is 70.5 Å². The van der Waals surface area contributed by atoms with Crippen LogP contribution < -0.4 is 4.90 Å². The fourth-order valence-corrected chi connectivity index (χ4v) is 4.74. The van der Waals surface area contributed by atoms with Crippen molar-refractivity contribution in [3.8, 4) is 0 Å². The largest absolute Gasteiger partial charge is 0.360 e. The van der Waals surface area contributed by atoms with Crippen LogP contribution in [0.3, 0.4) is 0 Å². The van der Waals surface area contributed by atoms with E-state index in [1.165, 1.54) is 16.2 Å². The molecule has 0 spiro atoms. The van der Waals surface area contributed by atoms with Gasteiger partial charge in [0.05, 0.1) is 38.3 Å². The Hall–Kier alpha value is -2.51. The Morgan fingerprint density at radius 2 is 2.00 bits per heavy atom. The lowest BCUT2D eigenvalue weighted by Crippen LogP contribution is -3.05. The lowest BCUT2D eigenvalue weighted by Gasteiger charge is -2.31. The number of carbonyl (C=O) groups excluding carboxylic acids is 2. The summed E-state index contributed by atoms with van der Waals surface area (Å²) >= 11 is 1.42. The van der Waals surface area contributed by atoms with Gasteiger partial charge in [-0.3, -0.25) is 9.59 Å². The first-order valence-electron chi connectivity index (χ1n) is 10.2. The Morgan fingerprint density at radius 1 is 1.24 bits per heavy atom. The van der Waals surface area contributed by atoms with E-state index in [0.717, 1.165) is 49.1 Å². The molecule has 7 heteroatoms. The second-order valence-electron chi connectivity index (χ2n) is 8.02. The van der Waals surface area contributed by atoms with Crippen LogP contribution in [-0.4, -0.2) is 60.3 Å². The molecule has 1 aromatic carbocycles. The number of quaternary nitrogens is 1. The van der Waals surface area contributed by atoms with E-state index in [1.54, 1.807) is 6.20 Å². The second kappa shape index (κ2) is 8.47. The van der Waals surface area contributed by atoms with Crippen molar-refractivity contribution in [3.05, 3.63) is 52.1 Å². The average Bonchev–Trinajstić information content (AvgIpc) is 3.39. The first-order valence-corrected chi connectivity index (χ1v) is 11.0. The Bertz CT molecular complexity index is 1010. The molecule has 6 nitrogen and oxygen atoms in total. The molecule has 2 N–H and O–H groups in total. The van der Waals surface area contributed by atoms with Crippen molar-refractivity contribution in [2.75, 3.05) is 33.7 Å². The van der Waals surface area contributed by atoms with Gasteiger partial charge in [-0.1, -0.05) is 18.2 Å². The number of H-pyrrole nitrogens is 1. The molecule has 1 aliphatic heterocycles. The highest BCUT2D eigenvalue weighted by atomic mass is 32.1. The summed E-state index contributed by atoms with van der Waals surface area (Å²) in [6, 6.07) is 7.81. The molecule has 29 heavy (non-hydrogen) atoms. The van der Waals surface area contributed by atoms with E-state index in [-0.39, 0.29) is 11.7 Å². The second-order valence-corrected chi connectivity index (χ2v) is 8.87. The number of hydrogen-bond donors (Lipinski definition) is 2. The van der Waals surface area contributed by atoms with Crippen LogP contribution in [0.4, 0.5) is 0 Å². The first-order chi connectivity index (χ1) is 14.0. The van der Waals surface area contributed by atoms with Crippen molar-refractivity contribution in [2.24, 2.45) is 0 Å². The summed E-state index contributed by atoms with van der Waals surface area (Å²) < 4.78 is 0. The Labute approximate surface area is 174 Å². The number of nitrogens with zero attached hydrogens (tertiary/aromatic N) is 2. The molecule has 0 atom stereocenters. The summed E-state index contributed by atoms with van der Waals surface area (Å²) in [7, 11) is 4.13. The number of thiazole rings is 1. The third kappa shape index (κ3) is 4.26. The molecule has 1 fully saturated rings. The van der Waals surface area contributed by atoms with E-state index in [1.807, 2.05) is 34.5 Å². The predicted molar refractivity (Wildman–Crippen MR) is 115 cm³/mol. The highest BCUT2D eigenvalue weighted by molar-refractivity contribution is 7.12. The normalized spacial score (nSPS) is 15.3. The third-order valence-corrected chi connectivity index (χ3v) is 6.51. The molecule has 0 unspecified atom stereocenters. The van der Waals surface area contributed by atoms with Gasteiger partial charge < -0.3 is 14.8 Å². The third-order valence-electron chi connectivity index (χ3n) is 5.65. The van der Waals surface area contributed by atoms with Gasteiger partial charge in [0, 0.05) is 41.5 Å². The van der Waals surface area contributed by atoms with Crippen molar-refractivity contribution < 1.29 is 14.5 Å². The van der Waals surface area contributed by atoms with Crippen LogP contribution in [0.2, 0.25) is 0 Å². The van der Waals surface area contributed by atoms with Crippen LogP contribution in [0.5, 0.6) is 0 Å². The molecular formula is C22H27N4O2S+. The quantitative estimate of drug-likeness (QED) is 0.611. The van der Waals surface area contributed by atoms with E-state index in [9.17, 15) is 9.59 Å². The number of aromatic amines is 1. The highest BCUT2D eigenvalue weighted by Gasteiger charge is 2.26. The van der Waals surface area contributed by atoms with Gasteiger partial charge in [-0.2, -0.15) is 0 Å². The number of para-hydroxylation sites is 1. The van der Waals surface area contributed by atoms with Crippen molar-refractivity contribution >= 4 is 33.9 Å². The monoisotopic (exact) mass is 411 g/mol. The van der Waals surface area contributed by atoms with Crippen LogP contribution >= 0.6 is 11.3 Å². The zero-order chi connectivity index (χ0) is 20.4. The summed E-state index contributed by atoms with van der Waals surface area (Å²) in [5.41, 5.74) is 2.62. The SMILES string of the molecule is C[NH+](C)CCC(=O)N1CCC(c2csc(C(=O)c3c[nH]c4ccccc34)n2)CC1. The Kier molecular flexibility index (Phi) is 5.78. The standard InChI is InChI=1S/C22H26N4O2S/c1-25(2)10-9-20(27)26-11-7-15(8-12-26)19-14-29-22(24-19)21(28)17-13-23-18-6-4-3-5-16(17)18/h3-6,13-15,23H,7-12H2,1-2H3/p+1. The number of nitrogens with one attached hydrogen (secondary N) is 2. The number of benzene rings is 1. The molecule has 1 saturated heterocycles. The van der Waals surface area contributed by atoms with Gasteiger partial charge >= 0.3 is 0 Å². The van der Waals surface area contributed by atoms with Crippen LogP contribution in [0.1, 0.15) is 46.2 Å². The number of hydrogen-bond acceptors (Lipinski definition) is 4. The maximum Gasteiger partial charge on any atom is 0.228 e. The molecule has 1 aliphatic rings. The smallest absolute Gasteiger partial charge is 0.228 e. The molecule has 0 bridgehead atoms. The summed E-state index contributed by atoms with van der Waals surface area (Å²) in [5.74, 6) is 0.537. The van der Waals surface area contributed by atoms with E-state index < -0.39 is 0 Å². The van der Waals surface area contributed by atoms with Gasteiger partial charge in [0.2, 0.25) is 11.7 Å². The molecular weight excluding hydrogens is 384 g/mol. The van der Waals surface area contributed by atoms with Gasteiger partial charge in [-0.15, -0.1) is 11.3 Å². The fraction of sp³-hybridized carbons (Fsp3) is 0.409. The number of piperidine rings is 1. The lowest BCUT2D eigenvalue weighted by atomic mass is 9.94. The number of ketones is 1. The zero-order valence-corrected chi connectivity index (χ0v) is 17.7. The van der Waals surface area contributed by atoms with Gasteiger partial charge in [0.25, 0.3) is 0 Å². The zero-order valence-electron chi connectivity index (χ0n) is 16.9. The number of aromatic nitrogens is 2. The van der Waals surface area contributed by atoms with E-state index in [0.29, 0.717) is 22.9 Å². The number of fused-ring (bicyclic) bond motifs is 1. The molecule has 3 heterocycles. The van der Waals surface area contributed by atoms with Crippen LogP contribution in [0.25, 0.3) is 10.9 Å². The van der Waals surface area contributed by atoms with Gasteiger partial charge in [0.1, 0.15) is 0 Å². The lowest BCUT2D eigenvalue weighted by molar-refractivity contribution is -0.857. The van der Waals surface area contributed by atoms with E-state index >= 15 is 0 Å². The molecule has 4 rings (SSSR count). The fourth-order valence-electron chi connectivity index (χ4n) is 3.89. The van der Waals surface area contributed by atoms with Crippen LogP contribution in [0, 0.1) is 0 Å². The van der Waals surface area contributed by atoms with E-state index in [2.05, 4.69) is 24.1 Å². The van der Waals surface area contributed by atoms with Crippen LogP contribution in [0.15, 0.2) is 35.8 Å². The van der Waals surface area contributed by atoms with Crippen molar-refractivity contribution in [1.82, 2.24) is 14.9 Å². The number of likely N-dealkylation sites (tertiary alicyclic amines) is 1. The van der Waals surface area contributed by atoms with Gasteiger partial charge in [-0.05, 0) is 18.9 Å². The molecule has 0 radical (unpaired) electrons. The summed E-state index contributed by atoms with van der Waals surface area (Å²) in [4.78, 5) is 36.4. The number of carbonyl (C=O) groups is 2. The number of rotatable bonds is 6. The minimum atomic E-state index is -0.0301. The molecule has 3 aromatic rings. The van der Waals surface area contributed by atoms with E-state index in [4.69, 9.17) is 0 Å². The van der Waals surface area contributed by atoms with Gasteiger partial charge in [-0.25, -0.2) is 4.98 Å². The molecule has 0 aliphatic carbocycles. The Morgan fingerprint density at radius 3 is 2.76 bits per heavy atom. The molecule has 152 valence electrons. The van der Waals surface area contributed by atoms with Crippen molar-refractivity contribution in [3.63, 3.8) is 0 Å². The average molecular weight is 412 g/mol.